The number of carbonyl (C=O) groups is 1. The van der Waals surface area contributed by atoms with Gasteiger partial charge in [-0.25, -0.2) is 0 Å². The van der Waals surface area contributed by atoms with Gasteiger partial charge >= 0.3 is 0 Å². The van der Waals surface area contributed by atoms with Gasteiger partial charge in [0.05, 0.1) is 25.8 Å². The van der Waals surface area contributed by atoms with E-state index in [1.54, 1.807) is 19.2 Å². The average Bonchev–Trinajstić information content (AvgIpc) is 3.40. The van der Waals surface area contributed by atoms with Crippen LogP contribution in [0.5, 0.6) is 0 Å². The van der Waals surface area contributed by atoms with Gasteiger partial charge in [0.15, 0.2) is 0 Å². The molecule has 26 heavy (non-hydrogen) atoms. The molecule has 1 saturated heterocycles. The van der Waals surface area contributed by atoms with Gasteiger partial charge in [-0.1, -0.05) is 12.1 Å². The largest absolute Gasteiger partial charge is 0.379 e. The van der Waals surface area contributed by atoms with Gasteiger partial charge in [-0.3, -0.25) is 4.79 Å². The fourth-order valence-electron chi connectivity index (χ4n) is 3.02. The lowest BCUT2D eigenvalue weighted by atomic mass is 10.1. The number of nitrogens with zero attached hydrogens (tertiary/aromatic N) is 4. The monoisotopic (exact) mass is 357 g/mol. The van der Waals surface area contributed by atoms with Gasteiger partial charge in [-0.2, -0.15) is 4.80 Å². The number of benzene rings is 1. The van der Waals surface area contributed by atoms with Crippen LogP contribution in [0.3, 0.4) is 0 Å². The molecule has 1 aliphatic heterocycles. The molecule has 2 aliphatic rings. The molecule has 2 fully saturated rings. The van der Waals surface area contributed by atoms with Crippen molar-refractivity contribution in [2.75, 3.05) is 19.8 Å². The van der Waals surface area contributed by atoms with Crippen LogP contribution in [-0.4, -0.2) is 58.1 Å². The Labute approximate surface area is 151 Å². The van der Waals surface area contributed by atoms with Gasteiger partial charge in [0.1, 0.15) is 0 Å². The summed E-state index contributed by atoms with van der Waals surface area (Å²) in [6.07, 6.45) is 3.35. The summed E-state index contributed by atoms with van der Waals surface area (Å²) >= 11 is 0. The molecule has 1 N–H and O–H groups in total. The van der Waals surface area contributed by atoms with Crippen molar-refractivity contribution < 1.29 is 14.3 Å². The predicted octanol–water partition coefficient (Wildman–Crippen LogP) is 1.19. The molecular weight excluding hydrogens is 334 g/mol. The Morgan fingerprint density at radius 3 is 2.81 bits per heavy atom. The highest BCUT2D eigenvalue weighted by atomic mass is 16.5. The zero-order valence-electron chi connectivity index (χ0n) is 14.8. The van der Waals surface area contributed by atoms with Crippen LogP contribution in [0.15, 0.2) is 24.3 Å². The van der Waals surface area contributed by atoms with Crippen LogP contribution in [0.25, 0.3) is 11.4 Å². The number of rotatable bonds is 6. The van der Waals surface area contributed by atoms with Crippen LogP contribution in [0.2, 0.25) is 0 Å². The predicted molar refractivity (Wildman–Crippen MR) is 93.4 cm³/mol. The van der Waals surface area contributed by atoms with E-state index in [1.165, 1.54) is 17.6 Å². The number of aromatic nitrogens is 4. The normalized spacial score (nSPS) is 23.0. The third kappa shape index (κ3) is 4.08. The summed E-state index contributed by atoms with van der Waals surface area (Å²) < 4.78 is 11.5. The molecule has 4 rings (SSSR count). The number of ether oxygens (including phenoxy) is 2. The topological polar surface area (TPSA) is 91.2 Å². The van der Waals surface area contributed by atoms with Gasteiger partial charge < -0.3 is 14.8 Å². The van der Waals surface area contributed by atoms with E-state index in [1.807, 2.05) is 12.1 Å². The van der Waals surface area contributed by atoms with Gasteiger partial charge in [0.2, 0.25) is 5.82 Å². The molecule has 1 amide bonds. The molecule has 0 unspecified atom stereocenters. The number of nitrogens with one attached hydrogen (secondary N) is 1. The van der Waals surface area contributed by atoms with Crippen molar-refractivity contribution in [2.45, 2.75) is 31.4 Å². The van der Waals surface area contributed by atoms with Crippen molar-refractivity contribution in [3.63, 3.8) is 0 Å². The molecule has 8 heteroatoms. The number of tetrazole rings is 1. The molecule has 2 heterocycles. The second-order valence-corrected chi connectivity index (χ2v) is 6.94. The van der Waals surface area contributed by atoms with Crippen molar-refractivity contribution in [3.05, 3.63) is 29.8 Å². The van der Waals surface area contributed by atoms with Gasteiger partial charge in [-0.05, 0) is 42.5 Å². The maximum Gasteiger partial charge on any atom is 0.251 e. The fraction of sp³-hybridized carbons (Fsp3) is 0.556. The van der Waals surface area contributed by atoms with E-state index in [0.29, 0.717) is 30.5 Å². The first-order chi connectivity index (χ1) is 12.7. The third-order valence-electron chi connectivity index (χ3n) is 4.77. The Balaban J connectivity index is 1.38. The first-order valence-corrected chi connectivity index (χ1v) is 9.03. The lowest BCUT2D eigenvalue weighted by Gasteiger charge is -2.32. The molecule has 1 aromatic heterocycles. The van der Waals surface area contributed by atoms with Crippen LogP contribution in [0, 0.1) is 5.92 Å². The van der Waals surface area contributed by atoms with E-state index >= 15 is 0 Å². The van der Waals surface area contributed by atoms with E-state index in [4.69, 9.17) is 9.47 Å². The van der Waals surface area contributed by atoms with Crippen molar-refractivity contribution in [1.82, 2.24) is 25.5 Å². The number of hydrogen-bond acceptors (Lipinski definition) is 6. The van der Waals surface area contributed by atoms with Crippen molar-refractivity contribution in [2.24, 2.45) is 13.0 Å². The number of carbonyl (C=O) groups excluding carboxylic acids is 1. The smallest absolute Gasteiger partial charge is 0.251 e. The van der Waals surface area contributed by atoms with E-state index in [-0.39, 0.29) is 18.1 Å². The SMILES string of the molecule is Cn1nnc(-c2ccc(C(=O)N[C@@H]3COCC[C@@H]3OCC3CC3)cc2)n1. The zero-order chi connectivity index (χ0) is 17.9. The molecule has 1 aliphatic carbocycles. The average molecular weight is 357 g/mol. The summed E-state index contributed by atoms with van der Waals surface area (Å²) in [6, 6.07) is 7.07. The quantitative estimate of drug-likeness (QED) is 0.835. The minimum atomic E-state index is -0.126. The van der Waals surface area contributed by atoms with Gasteiger partial charge in [0.25, 0.3) is 5.91 Å². The molecule has 1 aromatic carbocycles. The lowest BCUT2D eigenvalue weighted by molar-refractivity contribution is -0.0567. The highest BCUT2D eigenvalue weighted by molar-refractivity contribution is 5.94. The second kappa shape index (κ2) is 7.51. The van der Waals surface area contributed by atoms with Crippen molar-refractivity contribution >= 4 is 5.91 Å². The summed E-state index contributed by atoms with van der Waals surface area (Å²) in [5, 5.41) is 15.0. The van der Waals surface area contributed by atoms with Crippen LogP contribution >= 0.6 is 0 Å². The minimum absolute atomic E-state index is 0.0244. The first-order valence-electron chi connectivity index (χ1n) is 9.03. The summed E-state index contributed by atoms with van der Waals surface area (Å²) in [6.45, 7) is 1.96. The Hall–Kier alpha value is -2.32. The molecule has 138 valence electrons. The van der Waals surface area contributed by atoms with Gasteiger partial charge in [0, 0.05) is 24.3 Å². The van der Waals surface area contributed by atoms with Gasteiger partial charge in [-0.15, -0.1) is 10.2 Å². The lowest BCUT2D eigenvalue weighted by Crippen LogP contribution is -2.50. The van der Waals surface area contributed by atoms with Crippen molar-refractivity contribution in [1.29, 1.82) is 0 Å². The third-order valence-corrected chi connectivity index (χ3v) is 4.77. The Morgan fingerprint density at radius 1 is 1.31 bits per heavy atom. The standard InChI is InChI=1S/C18H23N5O3/c1-23-21-17(20-22-23)13-4-6-14(7-5-13)18(24)19-15-11-25-9-8-16(15)26-10-12-2-3-12/h4-7,12,15-16H,2-3,8-11H2,1H3,(H,19,24)/t15-,16+/m1/s1. The van der Waals surface area contributed by atoms with E-state index < -0.39 is 0 Å². The van der Waals surface area contributed by atoms with E-state index in [9.17, 15) is 4.79 Å². The maximum atomic E-state index is 12.6. The number of amides is 1. The molecule has 2 atom stereocenters. The van der Waals surface area contributed by atoms with Crippen LogP contribution in [0.4, 0.5) is 0 Å². The minimum Gasteiger partial charge on any atom is -0.379 e. The molecule has 1 saturated carbocycles. The summed E-state index contributed by atoms with van der Waals surface area (Å²) in [4.78, 5) is 14.0. The highest BCUT2D eigenvalue weighted by Gasteiger charge is 2.30. The number of hydrogen-bond donors (Lipinski definition) is 1. The van der Waals surface area contributed by atoms with E-state index in [2.05, 4.69) is 20.7 Å². The summed E-state index contributed by atoms with van der Waals surface area (Å²) in [7, 11) is 1.71. The Kier molecular flexibility index (Phi) is 4.94. The molecular formula is C18H23N5O3. The summed E-state index contributed by atoms with van der Waals surface area (Å²) in [5.74, 6) is 1.12. The van der Waals surface area contributed by atoms with Crippen molar-refractivity contribution in [3.8, 4) is 11.4 Å². The molecule has 0 radical (unpaired) electrons. The first kappa shape index (κ1) is 17.1. The fourth-order valence-corrected chi connectivity index (χ4v) is 3.02. The summed E-state index contributed by atoms with van der Waals surface area (Å²) in [5.41, 5.74) is 1.41. The molecule has 0 bridgehead atoms. The highest BCUT2D eigenvalue weighted by Crippen LogP contribution is 2.30. The van der Waals surface area contributed by atoms with E-state index in [0.717, 1.165) is 18.6 Å². The van der Waals surface area contributed by atoms with Crippen LogP contribution < -0.4 is 5.32 Å². The zero-order valence-corrected chi connectivity index (χ0v) is 14.8. The Morgan fingerprint density at radius 2 is 2.12 bits per heavy atom. The number of aryl methyl sites for hydroxylation is 1. The maximum absolute atomic E-state index is 12.6. The molecule has 0 spiro atoms. The second-order valence-electron chi connectivity index (χ2n) is 6.94. The molecule has 8 nitrogen and oxygen atoms in total. The Bertz CT molecular complexity index is 756. The molecule has 2 aromatic rings. The van der Waals surface area contributed by atoms with Crippen LogP contribution in [0.1, 0.15) is 29.6 Å². The van der Waals surface area contributed by atoms with Crippen LogP contribution in [-0.2, 0) is 16.5 Å².